The molecule has 0 saturated carbocycles. The van der Waals surface area contributed by atoms with Crippen molar-refractivity contribution >= 4 is 17.4 Å². The number of halogens is 1. The van der Waals surface area contributed by atoms with Crippen LogP contribution in [0.3, 0.4) is 0 Å². The van der Waals surface area contributed by atoms with Gasteiger partial charge in [0, 0.05) is 6.54 Å². The summed E-state index contributed by atoms with van der Waals surface area (Å²) in [6.07, 6.45) is 0. The highest BCUT2D eigenvalue weighted by Gasteiger charge is 2.22. The van der Waals surface area contributed by atoms with Gasteiger partial charge in [-0.15, -0.1) is 0 Å². The topological polar surface area (TPSA) is 48.7 Å². The van der Waals surface area contributed by atoms with E-state index in [1.807, 2.05) is 0 Å². The van der Waals surface area contributed by atoms with Crippen LogP contribution in [0.25, 0.3) is 0 Å². The van der Waals surface area contributed by atoms with Gasteiger partial charge in [0.1, 0.15) is 11.0 Å². The van der Waals surface area contributed by atoms with Crippen molar-refractivity contribution in [2.45, 2.75) is 27.7 Å². The van der Waals surface area contributed by atoms with Gasteiger partial charge in [0.05, 0.1) is 11.6 Å². The van der Waals surface area contributed by atoms with Gasteiger partial charge in [0.15, 0.2) is 0 Å². The molecule has 17 heavy (non-hydrogen) atoms. The molecule has 1 aromatic rings. The van der Waals surface area contributed by atoms with E-state index in [2.05, 4.69) is 44.1 Å². The number of nitriles is 1. The minimum absolute atomic E-state index is 0.163. The second-order valence-corrected chi connectivity index (χ2v) is 5.56. The van der Waals surface area contributed by atoms with Gasteiger partial charge < -0.3 is 5.32 Å². The average Bonchev–Trinajstić information content (AvgIpc) is 2.25. The van der Waals surface area contributed by atoms with Crippen molar-refractivity contribution in [3.05, 3.63) is 22.8 Å². The molecule has 1 rings (SSSR count). The monoisotopic (exact) mass is 251 g/mol. The molecule has 0 unspecified atom stereocenters. The summed E-state index contributed by atoms with van der Waals surface area (Å²) < 4.78 is 0. The maximum Gasteiger partial charge on any atom is 0.132 e. The Morgan fingerprint density at radius 3 is 2.65 bits per heavy atom. The van der Waals surface area contributed by atoms with Crippen molar-refractivity contribution in [1.29, 1.82) is 5.26 Å². The minimum Gasteiger partial charge on any atom is -0.369 e. The first kappa shape index (κ1) is 13.8. The van der Waals surface area contributed by atoms with Gasteiger partial charge in [-0.25, -0.2) is 4.98 Å². The zero-order valence-electron chi connectivity index (χ0n) is 10.7. The molecule has 0 radical (unpaired) electrons. The fourth-order valence-corrected chi connectivity index (χ4v) is 1.38. The fraction of sp³-hybridized carbons (Fsp3) is 0.538. The van der Waals surface area contributed by atoms with Gasteiger partial charge in [-0.05, 0) is 23.5 Å². The van der Waals surface area contributed by atoms with E-state index in [1.165, 1.54) is 0 Å². The van der Waals surface area contributed by atoms with Crippen molar-refractivity contribution in [2.24, 2.45) is 11.3 Å². The van der Waals surface area contributed by atoms with Crippen molar-refractivity contribution in [2.75, 3.05) is 11.9 Å². The Morgan fingerprint density at radius 1 is 1.47 bits per heavy atom. The molecule has 1 aromatic heterocycles. The largest absolute Gasteiger partial charge is 0.369 e. The molecule has 3 nitrogen and oxygen atoms in total. The van der Waals surface area contributed by atoms with Crippen molar-refractivity contribution in [3.8, 4) is 6.07 Å². The first-order valence-corrected chi connectivity index (χ1v) is 6.04. The van der Waals surface area contributed by atoms with E-state index in [9.17, 15) is 0 Å². The third-order valence-electron chi connectivity index (χ3n) is 3.21. The predicted octanol–water partition coefficient (Wildman–Crippen LogP) is 3.70. The standard InChI is InChI=1S/C13H18ClN3/c1-9(2)13(3,4)8-16-12-6-10(7-15)5-11(14)17-12/h5-6,9H,8H2,1-4H3,(H,16,17). The predicted molar refractivity (Wildman–Crippen MR) is 71.1 cm³/mol. The third-order valence-corrected chi connectivity index (χ3v) is 3.40. The molecule has 0 aliphatic rings. The third kappa shape index (κ3) is 3.90. The molecule has 1 heterocycles. The first-order valence-electron chi connectivity index (χ1n) is 5.66. The molecule has 0 fully saturated rings. The summed E-state index contributed by atoms with van der Waals surface area (Å²) in [5.41, 5.74) is 0.687. The summed E-state index contributed by atoms with van der Waals surface area (Å²) in [5.74, 6) is 1.22. The minimum atomic E-state index is 0.163. The molecule has 0 saturated heterocycles. The smallest absolute Gasteiger partial charge is 0.132 e. The van der Waals surface area contributed by atoms with E-state index in [0.29, 0.717) is 22.5 Å². The Hall–Kier alpha value is -1.27. The highest BCUT2D eigenvalue weighted by molar-refractivity contribution is 6.29. The van der Waals surface area contributed by atoms with Crippen LogP contribution >= 0.6 is 11.6 Å². The van der Waals surface area contributed by atoms with Crippen LogP contribution in [0.1, 0.15) is 33.3 Å². The summed E-state index contributed by atoms with van der Waals surface area (Å²) >= 11 is 5.84. The zero-order valence-corrected chi connectivity index (χ0v) is 11.5. The van der Waals surface area contributed by atoms with Crippen LogP contribution < -0.4 is 5.32 Å². The second kappa shape index (κ2) is 5.37. The molecule has 0 atom stereocenters. The SMILES string of the molecule is CC(C)C(C)(C)CNc1cc(C#N)cc(Cl)n1. The summed E-state index contributed by atoms with van der Waals surface area (Å²) in [6, 6.07) is 5.33. The van der Waals surface area contributed by atoms with Gasteiger partial charge in [-0.1, -0.05) is 39.3 Å². The van der Waals surface area contributed by atoms with E-state index < -0.39 is 0 Å². The van der Waals surface area contributed by atoms with Gasteiger partial charge in [-0.3, -0.25) is 0 Å². The van der Waals surface area contributed by atoms with Crippen LogP contribution in [-0.4, -0.2) is 11.5 Å². The molecule has 4 heteroatoms. The van der Waals surface area contributed by atoms with Crippen molar-refractivity contribution in [1.82, 2.24) is 4.98 Å². The average molecular weight is 252 g/mol. The summed E-state index contributed by atoms with van der Waals surface area (Å²) in [6.45, 7) is 9.56. The second-order valence-electron chi connectivity index (χ2n) is 5.17. The quantitative estimate of drug-likeness (QED) is 0.830. The van der Waals surface area contributed by atoms with Crippen LogP contribution in [-0.2, 0) is 0 Å². The molecular weight excluding hydrogens is 234 g/mol. The normalized spacial score (nSPS) is 11.4. The van der Waals surface area contributed by atoms with Crippen LogP contribution in [0.2, 0.25) is 5.15 Å². The number of aromatic nitrogens is 1. The Balaban J connectivity index is 2.77. The Labute approximate surface area is 108 Å². The molecule has 92 valence electrons. The molecule has 1 N–H and O–H groups in total. The number of pyridine rings is 1. The van der Waals surface area contributed by atoms with E-state index in [0.717, 1.165) is 6.54 Å². The number of nitrogens with one attached hydrogen (secondary N) is 1. The molecule has 0 aliphatic heterocycles. The molecular formula is C13H18ClN3. The van der Waals surface area contributed by atoms with E-state index in [1.54, 1.807) is 12.1 Å². The van der Waals surface area contributed by atoms with Gasteiger partial charge in [-0.2, -0.15) is 5.26 Å². The van der Waals surface area contributed by atoms with Crippen molar-refractivity contribution in [3.63, 3.8) is 0 Å². The fourth-order valence-electron chi connectivity index (χ4n) is 1.17. The molecule has 0 amide bonds. The highest BCUT2D eigenvalue weighted by atomic mass is 35.5. The van der Waals surface area contributed by atoms with E-state index in [-0.39, 0.29) is 5.41 Å². The Bertz CT molecular complexity index is 433. The zero-order chi connectivity index (χ0) is 13.1. The lowest BCUT2D eigenvalue weighted by molar-refractivity contribution is 0.269. The van der Waals surface area contributed by atoms with E-state index >= 15 is 0 Å². The van der Waals surface area contributed by atoms with Gasteiger partial charge in [0.2, 0.25) is 0 Å². The Morgan fingerprint density at radius 2 is 2.12 bits per heavy atom. The number of hydrogen-bond donors (Lipinski definition) is 1. The van der Waals surface area contributed by atoms with Crippen LogP contribution in [0.4, 0.5) is 5.82 Å². The molecule has 0 spiro atoms. The van der Waals surface area contributed by atoms with Gasteiger partial charge >= 0.3 is 0 Å². The summed E-state index contributed by atoms with van der Waals surface area (Å²) in [4.78, 5) is 4.15. The summed E-state index contributed by atoms with van der Waals surface area (Å²) in [5, 5.41) is 12.4. The number of hydrogen-bond acceptors (Lipinski definition) is 3. The lowest BCUT2D eigenvalue weighted by atomic mass is 9.81. The Kier molecular flexibility index (Phi) is 4.36. The molecule has 0 bridgehead atoms. The highest BCUT2D eigenvalue weighted by Crippen LogP contribution is 2.26. The van der Waals surface area contributed by atoms with Crippen molar-refractivity contribution < 1.29 is 0 Å². The number of anilines is 1. The maximum absolute atomic E-state index is 8.84. The number of nitrogens with zero attached hydrogens (tertiary/aromatic N) is 2. The van der Waals surface area contributed by atoms with Crippen LogP contribution in [0.15, 0.2) is 12.1 Å². The number of rotatable bonds is 4. The van der Waals surface area contributed by atoms with E-state index in [4.69, 9.17) is 16.9 Å². The maximum atomic E-state index is 8.84. The van der Waals surface area contributed by atoms with Crippen LogP contribution in [0.5, 0.6) is 0 Å². The molecule has 0 aliphatic carbocycles. The summed E-state index contributed by atoms with van der Waals surface area (Å²) in [7, 11) is 0. The lowest BCUT2D eigenvalue weighted by Gasteiger charge is -2.29. The van der Waals surface area contributed by atoms with Gasteiger partial charge in [0.25, 0.3) is 0 Å². The van der Waals surface area contributed by atoms with Crippen LogP contribution in [0, 0.1) is 22.7 Å². The lowest BCUT2D eigenvalue weighted by Crippen LogP contribution is -2.28. The first-order chi connectivity index (χ1) is 7.85. The molecule has 0 aromatic carbocycles.